The molecule has 4 rings (SSSR count). The topological polar surface area (TPSA) is 90.8 Å². The van der Waals surface area contributed by atoms with Crippen LogP contribution < -0.4 is 4.74 Å². The monoisotopic (exact) mass is 449 g/mol. The summed E-state index contributed by atoms with van der Waals surface area (Å²) < 4.78 is 5.27. The number of carbonyl (C=O) groups excluding carboxylic acids is 1. The molecule has 0 radical (unpaired) electrons. The molecule has 0 saturated heterocycles. The van der Waals surface area contributed by atoms with Crippen LogP contribution in [-0.2, 0) is 0 Å². The van der Waals surface area contributed by atoms with E-state index < -0.39 is 0 Å². The number of ether oxygens (including phenoxy) is 1. The Morgan fingerprint density at radius 3 is 2.32 bits per heavy atom. The number of nitrogens with zero attached hydrogens (tertiary/aromatic N) is 5. The molecular weight excluding hydrogens is 434 g/mol. The van der Waals surface area contributed by atoms with Crippen molar-refractivity contribution in [3.63, 3.8) is 0 Å². The minimum Gasteiger partial charge on any atom is -0.496 e. The number of ketones is 1. The molecule has 0 spiro atoms. The van der Waals surface area contributed by atoms with Gasteiger partial charge in [-0.2, -0.15) is 0 Å². The lowest BCUT2D eigenvalue weighted by atomic mass is 10.1. The summed E-state index contributed by atoms with van der Waals surface area (Å²) in [5.74, 6) is 0.415. The first kappa shape index (κ1) is 20.9. The molecule has 0 unspecified atom stereocenters. The quantitative estimate of drug-likeness (QED) is 0.298. The average Bonchev–Trinajstić information content (AvgIpc) is 2.83. The second-order valence-corrected chi connectivity index (χ2v) is 7.66. The van der Waals surface area contributed by atoms with E-state index in [1.54, 1.807) is 30.6 Å². The van der Waals surface area contributed by atoms with E-state index in [4.69, 9.17) is 16.3 Å². The smallest absolute Gasteiger partial charge is 0.210 e. The highest BCUT2D eigenvalue weighted by Gasteiger charge is 2.18. The number of carbonyl (C=O) groups is 1. The van der Waals surface area contributed by atoms with Crippen molar-refractivity contribution in [2.75, 3.05) is 12.9 Å². The lowest BCUT2D eigenvalue weighted by molar-refractivity contribution is 0.101. The summed E-state index contributed by atoms with van der Waals surface area (Å²) in [5, 5.41) is 9.34. The molecule has 0 bridgehead atoms. The van der Waals surface area contributed by atoms with Crippen LogP contribution in [0.15, 0.2) is 72.1 Å². The van der Waals surface area contributed by atoms with Crippen LogP contribution in [0.3, 0.4) is 0 Å². The van der Waals surface area contributed by atoms with Gasteiger partial charge in [0.05, 0.1) is 29.8 Å². The van der Waals surface area contributed by atoms with Crippen LogP contribution in [0.4, 0.5) is 0 Å². The number of rotatable bonds is 7. The van der Waals surface area contributed by atoms with Gasteiger partial charge < -0.3 is 4.74 Å². The van der Waals surface area contributed by atoms with E-state index in [1.807, 2.05) is 36.4 Å². The van der Waals surface area contributed by atoms with Gasteiger partial charge in [0, 0.05) is 17.4 Å². The maximum Gasteiger partial charge on any atom is 0.210 e. The molecule has 0 N–H and O–H groups in total. The van der Waals surface area contributed by atoms with Gasteiger partial charge in [-0.1, -0.05) is 35.5 Å². The highest BCUT2D eigenvalue weighted by molar-refractivity contribution is 7.99. The van der Waals surface area contributed by atoms with Crippen molar-refractivity contribution < 1.29 is 9.53 Å². The first-order valence-electron chi connectivity index (χ1n) is 9.23. The summed E-state index contributed by atoms with van der Waals surface area (Å²) in [4.78, 5) is 26.1. The van der Waals surface area contributed by atoms with Gasteiger partial charge in [0.15, 0.2) is 5.78 Å². The van der Waals surface area contributed by atoms with Gasteiger partial charge in [-0.05, 0) is 42.5 Å². The fourth-order valence-corrected chi connectivity index (χ4v) is 3.68. The van der Waals surface area contributed by atoms with Crippen LogP contribution in [0, 0.1) is 0 Å². The van der Waals surface area contributed by atoms with Crippen molar-refractivity contribution in [2.24, 2.45) is 0 Å². The van der Waals surface area contributed by atoms with Crippen LogP contribution in [0.25, 0.3) is 22.8 Å². The fraction of sp³-hybridized carbons (Fsp3) is 0.0909. The minimum absolute atomic E-state index is 0.100. The van der Waals surface area contributed by atoms with Crippen LogP contribution in [-0.4, -0.2) is 43.8 Å². The van der Waals surface area contributed by atoms with E-state index >= 15 is 0 Å². The Morgan fingerprint density at radius 1 is 0.968 bits per heavy atom. The first-order chi connectivity index (χ1) is 15.2. The number of Topliss-reactive ketones (excluding diaryl/α,β-unsaturated/α-hetero) is 1. The van der Waals surface area contributed by atoms with E-state index in [9.17, 15) is 4.79 Å². The zero-order valence-corrected chi connectivity index (χ0v) is 18.0. The highest BCUT2D eigenvalue weighted by Crippen LogP contribution is 2.29. The lowest BCUT2D eigenvalue weighted by Crippen LogP contribution is -2.07. The number of halogens is 1. The number of aromatic nitrogens is 5. The summed E-state index contributed by atoms with van der Waals surface area (Å²) in [6.07, 6.45) is 3.36. The third-order valence-corrected chi connectivity index (χ3v) is 5.35. The molecule has 31 heavy (non-hydrogen) atoms. The molecule has 9 heteroatoms. The Labute approximate surface area is 187 Å². The predicted octanol–water partition coefficient (Wildman–Crippen LogP) is 4.63. The molecule has 3 heterocycles. The van der Waals surface area contributed by atoms with Crippen molar-refractivity contribution in [3.05, 3.63) is 77.6 Å². The molecule has 0 fully saturated rings. The number of pyridine rings is 2. The molecule has 0 aliphatic rings. The van der Waals surface area contributed by atoms with Crippen molar-refractivity contribution in [1.29, 1.82) is 0 Å². The van der Waals surface area contributed by atoms with E-state index in [-0.39, 0.29) is 11.5 Å². The molecule has 0 atom stereocenters. The van der Waals surface area contributed by atoms with E-state index in [0.29, 0.717) is 44.3 Å². The Kier molecular flexibility index (Phi) is 6.49. The molecule has 1 aromatic carbocycles. The van der Waals surface area contributed by atoms with Gasteiger partial charge in [0.25, 0.3) is 0 Å². The normalized spacial score (nSPS) is 10.6. The number of hydrogen-bond acceptors (Lipinski definition) is 8. The summed E-state index contributed by atoms with van der Waals surface area (Å²) in [7, 11) is 1.51. The molecule has 0 aliphatic heterocycles. The number of methoxy groups -OCH3 is 1. The van der Waals surface area contributed by atoms with E-state index in [1.165, 1.54) is 18.9 Å². The minimum atomic E-state index is -0.152. The van der Waals surface area contributed by atoms with Crippen molar-refractivity contribution in [3.8, 4) is 28.5 Å². The third-order valence-electron chi connectivity index (χ3n) is 4.28. The lowest BCUT2D eigenvalue weighted by Gasteiger charge is -2.09. The number of benzene rings is 1. The zero-order chi connectivity index (χ0) is 21.6. The summed E-state index contributed by atoms with van der Waals surface area (Å²) in [6, 6.07) is 16.0. The predicted molar refractivity (Wildman–Crippen MR) is 119 cm³/mol. The third kappa shape index (κ3) is 4.87. The second-order valence-electron chi connectivity index (χ2n) is 6.28. The number of hydrogen-bond donors (Lipinski definition) is 0. The van der Waals surface area contributed by atoms with Crippen molar-refractivity contribution in [1.82, 2.24) is 25.1 Å². The van der Waals surface area contributed by atoms with Crippen LogP contribution in [0.5, 0.6) is 5.75 Å². The van der Waals surface area contributed by atoms with Gasteiger partial charge >= 0.3 is 0 Å². The maximum atomic E-state index is 12.7. The summed E-state index contributed by atoms with van der Waals surface area (Å²) in [5.41, 5.74) is 2.75. The largest absolute Gasteiger partial charge is 0.496 e. The Bertz CT molecular complexity index is 1210. The average molecular weight is 450 g/mol. The van der Waals surface area contributed by atoms with Gasteiger partial charge in [-0.3, -0.25) is 14.8 Å². The van der Waals surface area contributed by atoms with E-state index in [2.05, 4.69) is 25.1 Å². The second kappa shape index (κ2) is 9.63. The molecule has 3 aromatic heterocycles. The molecule has 154 valence electrons. The Hall–Kier alpha value is -3.36. The zero-order valence-electron chi connectivity index (χ0n) is 16.4. The van der Waals surface area contributed by atoms with Gasteiger partial charge in [-0.25, -0.2) is 4.98 Å². The summed E-state index contributed by atoms with van der Waals surface area (Å²) >= 11 is 7.22. The van der Waals surface area contributed by atoms with Gasteiger partial charge in [0.2, 0.25) is 5.16 Å². The van der Waals surface area contributed by atoms with Crippen LogP contribution in [0.2, 0.25) is 5.02 Å². The Morgan fingerprint density at radius 2 is 1.68 bits per heavy atom. The first-order valence-corrected chi connectivity index (χ1v) is 10.6. The maximum absolute atomic E-state index is 12.7. The standard InChI is InChI=1S/C22H16ClN5O2S/c1-30-19-9-8-14(23)12-15(19)18(29)13-31-22-26-20(16-6-2-4-10-24-16)21(27-28-22)17-7-3-5-11-25-17/h2-12H,13H2,1H3. The summed E-state index contributed by atoms with van der Waals surface area (Å²) in [6.45, 7) is 0. The van der Waals surface area contributed by atoms with Crippen molar-refractivity contribution in [2.45, 2.75) is 5.16 Å². The van der Waals surface area contributed by atoms with E-state index in [0.717, 1.165) is 0 Å². The molecular formula is C22H16ClN5O2S. The molecule has 0 aliphatic carbocycles. The Balaban J connectivity index is 1.63. The van der Waals surface area contributed by atoms with Gasteiger partial charge in [-0.15, -0.1) is 10.2 Å². The number of thioether (sulfide) groups is 1. The molecule has 7 nitrogen and oxygen atoms in total. The molecule has 4 aromatic rings. The van der Waals surface area contributed by atoms with Gasteiger partial charge in [0.1, 0.15) is 17.1 Å². The SMILES string of the molecule is COc1ccc(Cl)cc1C(=O)CSc1nnc(-c2ccccn2)c(-c2ccccn2)n1. The van der Waals surface area contributed by atoms with Crippen molar-refractivity contribution >= 4 is 29.1 Å². The van der Waals surface area contributed by atoms with Crippen LogP contribution in [0.1, 0.15) is 10.4 Å². The molecule has 0 saturated carbocycles. The molecule has 0 amide bonds. The highest BCUT2D eigenvalue weighted by atomic mass is 35.5. The van der Waals surface area contributed by atoms with Crippen LogP contribution >= 0.6 is 23.4 Å². The fourth-order valence-electron chi connectivity index (χ4n) is 2.83.